The van der Waals surface area contributed by atoms with Crippen LogP contribution in [0.15, 0.2) is 65.2 Å². The summed E-state index contributed by atoms with van der Waals surface area (Å²) in [6.45, 7) is 4.43. The molecule has 0 saturated carbocycles. The summed E-state index contributed by atoms with van der Waals surface area (Å²) in [6.07, 6.45) is 0. The molecular weight excluding hydrogens is 551 g/mol. The smallest absolute Gasteiger partial charge is 0.335 e. The van der Waals surface area contributed by atoms with E-state index in [-0.39, 0.29) is 24.7 Å². The van der Waals surface area contributed by atoms with Crippen molar-refractivity contribution in [2.75, 3.05) is 5.32 Å². The summed E-state index contributed by atoms with van der Waals surface area (Å²) in [5.74, 6) is -0.726. The molecule has 1 amide bonds. The topological polar surface area (TPSA) is 102 Å². The van der Waals surface area contributed by atoms with Crippen molar-refractivity contribution in [3.63, 3.8) is 0 Å². The first-order valence-corrected chi connectivity index (χ1v) is 12.7. The van der Waals surface area contributed by atoms with Gasteiger partial charge in [-0.3, -0.25) is 4.79 Å². The lowest BCUT2D eigenvalue weighted by Crippen LogP contribution is -2.12. The van der Waals surface area contributed by atoms with Gasteiger partial charge in [-0.1, -0.05) is 65.9 Å². The van der Waals surface area contributed by atoms with Crippen molar-refractivity contribution < 1.29 is 24.0 Å². The molecular formula is C28H23Cl3N2O5. The van der Waals surface area contributed by atoms with E-state index in [0.29, 0.717) is 43.3 Å². The highest BCUT2D eigenvalue weighted by atomic mass is 35.5. The number of carbonyl (C=O) groups is 2. The van der Waals surface area contributed by atoms with E-state index < -0.39 is 11.9 Å². The molecule has 0 bridgehead atoms. The number of carboxylic acids is 1. The lowest BCUT2D eigenvalue weighted by atomic mass is 10.0. The SMILES string of the molecule is CC(C)c1onc(-c2c(Cl)cccc2Cl)c1COCc1ccc(NC(=O)c2ccc(C(=O)O)cc2)c(Cl)c1. The Kier molecular flexibility index (Phi) is 8.74. The normalized spacial score (nSPS) is 11.1. The number of nitrogens with zero attached hydrogens (tertiary/aromatic N) is 1. The molecule has 0 aliphatic carbocycles. The molecule has 196 valence electrons. The van der Waals surface area contributed by atoms with Gasteiger partial charge in [-0.2, -0.15) is 0 Å². The van der Waals surface area contributed by atoms with Crippen molar-refractivity contribution in [2.45, 2.75) is 33.0 Å². The molecule has 10 heteroatoms. The summed E-state index contributed by atoms with van der Waals surface area (Å²) in [6, 6.07) is 16.0. The lowest BCUT2D eigenvalue weighted by Gasteiger charge is -2.11. The molecule has 0 aliphatic heterocycles. The predicted molar refractivity (Wildman–Crippen MR) is 147 cm³/mol. The van der Waals surface area contributed by atoms with Crippen LogP contribution in [0.3, 0.4) is 0 Å². The Morgan fingerprint density at radius 2 is 1.61 bits per heavy atom. The first-order chi connectivity index (χ1) is 18.2. The number of carboxylic acid groups (broad SMARTS) is 1. The molecule has 0 fully saturated rings. The first-order valence-electron chi connectivity index (χ1n) is 11.6. The van der Waals surface area contributed by atoms with Crippen LogP contribution >= 0.6 is 34.8 Å². The summed E-state index contributed by atoms with van der Waals surface area (Å²) in [7, 11) is 0. The molecule has 4 rings (SSSR count). The van der Waals surface area contributed by atoms with Gasteiger partial charge in [0.15, 0.2) is 0 Å². The number of carbonyl (C=O) groups excluding carboxylic acids is 1. The Hall–Kier alpha value is -3.36. The molecule has 1 heterocycles. The monoisotopic (exact) mass is 572 g/mol. The second kappa shape index (κ2) is 12.0. The van der Waals surface area contributed by atoms with E-state index in [4.69, 9.17) is 49.2 Å². The second-order valence-electron chi connectivity index (χ2n) is 8.77. The van der Waals surface area contributed by atoms with E-state index in [2.05, 4.69) is 10.5 Å². The van der Waals surface area contributed by atoms with Crippen LogP contribution in [0.5, 0.6) is 0 Å². The minimum absolute atomic E-state index is 0.0637. The average Bonchev–Trinajstić information content (AvgIpc) is 3.29. The molecule has 7 nitrogen and oxygen atoms in total. The molecule has 0 saturated heterocycles. The minimum Gasteiger partial charge on any atom is -0.478 e. The Bertz CT molecular complexity index is 1460. The van der Waals surface area contributed by atoms with Gasteiger partial charge in [0.05, 0.1) is 39.5 Å². The van der Waals surface area contributed by atoms with Gasteiger partial charge in [0.25, 0.3) is 5.91 Å². The Balaban J connectivity index is 1.45. The Morgan fingerprint density at radius 3 is 2.21 bits per heavy atom. The minimum atomic E-state index is -1.06. The van der Waals surface area contributed by atoms with Crippen LogP contribution < -0.4 is 5.32 Å². The number of aromatic carboxylic acids is 1. The zero-order valence-electron chi connectivity index (χ0n) is 20.4. The van der Waals surface area contributed by atoms with E-state index >= 15 is 0 Å². The quantitative estimate of drug-likeness (QED) is 0.210. The van der Waals surface area contributed by atoms with E-state index in [1.807, 2.05) is 13.8 Å². The van der Waals surface area contributed by atoms with Crippen molar-refractivity contribution in [3.8, 4) is 11.3 Å². The number of rotatable bonds is 9. The number of amides is 1. The van der Waals surface area contributed by atoms with Crippen molar-refractivity contribution in [2.24, 2.45) is 0 Å². The van der Waals surface area contributed by atoms with E-state index in [9.17, 15) is 9.59 Å². The van der Waals surface area contributed by atoms with E-state index in [1.54, 1.807) is 36.4 Å². The van der Waals surface area contributed by atoms with Crippen LogP contribution in [0.4, 0.5) is 5.69 Å². The fourth-order valence-electron chi connectivity index (χ4n) is 3.82. The summed E-state index contributed by atoms with van der Waals surface area (Å²) in [5.41, 5.74) is 3.50. The standard InChI is InChI=1S/C28H23Cl3N2O5/c1-15(2)26-19(25(33-38-26)24-20(29)4-3-5-21(24)30)14-37-13-16-6-11-23(22(31)12-16)32-27(34)17-7-9-18(10-8-17)28(35)36/h3-12,15H,13-14H2,1-2H3,(H,32,34)(H,35,36). The number of halogens is 3. The molecule has 0 aliphatic rings. The number of benzene rings is 3. The third kappa shape index (κ3) is 6.19. The van der Waals surface area contributed by atoms with Crippen LogP contribution in [0.1, 0.15) is 57.4 Å². The molecule has 4 aromatic rings. The van der Waals surface area contributed by atoms with Crippen molar-refractivity contribution in [1.29, 1.82) is 0 Å². The summed E-state index contributed by atoms with van der Waals surface area (Å²) in [5, 5.41) is 17.2. The maximum atomic E-state index is 12.5. The van der Waals surface area contributed by atoms with E-state index in [0.717, 1.165) is 11.1 Å². The summed E-state index contributed by atoms with van der Waals surface area (Å²) >= 11 is 19.2. The molecule has 0 radical (unpaired) electrons. The third-order valence-corrected chi connectivity index (χ3v) is 6.68. The van der Waals surface area contributed by atoms with Gasteiger partial charge >= 0.3 is 5.97 Å². The van der Waals surface area contributed by atoms with Gasteiger partial charge in [-0.05, 0) is 54.1 Å². The lowest BCUT2D eigenvalue weighted by molar-refractivity contribution is 0.0696. The van der Waals surface area contributed by atoms with E-state index in [1.165, 1.54) is 24.3 Å². The Labute approximate surface area is 234 Å². The van der Waals surface area contributed by atoms with Gasteiger partial charge in [0, 0.05) is 22.6 Å². The molecule has 3 aromatic carbocycles. The Morgan fingerprint density at radius 1 is 0.947 bits per heavy atom. The molecule has 2 N–H and O–H groups in total. The highest BCUT2D eigenvalue weighted by Gasteiger charge is 2.23. The summed E-state index contributed by atoms with van der Waals surface area (Å²) < 4.78 is 11.6. The van der Waals surface area contributed by atoms with Crippen LogP contribution in [-0.2, 0) is 18.0 Å². The van der Waals surface area contributed by atoms with Gasteiger partial charge in [0.1, 0.15) is 11.5 Å². The van der Waals surface area contributed by atoms with Crippen molar-refractivity contribution in [1.82, 2.24) is 5.16 Å². The maximum absolute atomic E-state index is 12.5. The zero-order valence-corrected chi connectivity index (χ0v) is 22.7. The molecule has 0 unspecified atom stereocenters. The number of nitrogens with one attached hydrogen (secondary N) is 1. The molecule has 0 spiro atoms. The van der Waals surface area contributed by atoms with Gasteiger partial charge < -0.3 is 19.7 Å². The number of hydrogen-bond donors (Lipinski definition) is 2. The van der Waals surface area contributed by atoms with Crippen LogP contribution in [0.25, 0.3) is 11.3 Å². The third-order valence-electron chi connectivity index (χ3n) is 5.73. The number of anilines is 1. The highest BCUT2D eigenvalue weighted by Crippen LogP contribution is 2.38. The van der Waals surface area contributed by atoms with Crippen molar-refractivity contribution >= 4 is 52.4 Å². The molecule has 0 atom stereocenters. The van der Waals surface area contributed by atoms with Crippen LogP contribution in [-0.4, -0.2) is 22.1 Å². The number of hydrogen-bond acceptors (Lipinski definition) is 5. The average molecular weight is 574 g/mol. The second-order valence-corrected chi connectivity index (χ2v) is 9.99. The first kappa shape index (κ1) is 27.7. The van der Waals surface area contributed by atoms with Crippen LogP contribution in [0.2, 0.25) is 15.1 Å². The van der Waals surface area contributed by atoms with Gasteiger partial charge in [-0.25, -0.2) is 4.79 Å². The molecule has 38 heavy (non-hydrogen) atoms. The maximum Gasteiger partial charge on any atom is 0.335 e. The number of aromatic nitrogens is 1. The fourth-order valence-corrected chi connectivity index (χ4v) is 4.64. The van der Waals surface area contributed by atoms with Gasteiger partial charge in [0.2, 0.25) is 0 Å². The predicted octanol–water partition coefficient (Wildman–Crippen LogP) is 8.09. The van der Waals surface area contributed by atoms with Crippen LogP contribution in [0, 0.1) is 0 Å². The highest BCUT2D eigenvalue weighted by molar-refractivity contribution is 6.39. The zero-order chi connectivity index (χ0) is 27.4. The molecule has 1 aromatic heterocycles. The van der Waals surface area contributed by atoms with Gasteiger partial charge in [-0.15, -0.1) is 0 Å². The fraction of sp³-hybridized carbons (Fsp3) is 0.179. The summed E-state index contributed by atoms with van der Waals surface area (Å²) in [4.78, 5) is 23.5. The van der Waals surface area contributed by atoms with Crippen molar-refractivity contribution in [3.05, 3.63) is 104 Å². The number of ether oxygens (including phenoxy) is 1. The largest absolute Gasteiger partial charge is 0.478 e.